The number of carbonyl (C=O) groups is 1. The summed E-state index contributed by atoms with van der Waals surface area (Å²) in [4.78, 5) is 14.6. The van der Waals surface area contributed by atoms with Crippen molar-refractivity contribution in [2.75, 3.05) is 12.4 Å². The number of carbonyl (C=O) groups excluding carboxylic acids is 1. The number of rotatable bonds is 6. The first kappa shape index (κ1) is 14.2. The van der Waals surface area contributed by atoms with Gasteiger partial charge >= 0.3 is 0 Å². The highest BCUT2D eigenvalue weighted by Crippen LogP contribution is 2.30. The fraction of sp³-hybridized carbons (Fsp3) is 0.933. The van der Waals surface area contributed by atoms with Crippen molar-refractivity contribution in [3.8, 4) is 0 Å². The highest BCUT2D eigenvalue weighted by atomic mass is 35.5. The van der Waals surface area contributed by atoms with E-state index in [-0.39, 0.29) is 0 Å². The predicted octanol–water partition coefficient (Wildman–Crippen LogP) is 3.97. The van der Waals surface area contributed by atoms with Crippen molar-refractivity contribution in [3.05, 3.63) is 0 Å². The molecule has 0 atom stereocenters. The molecule has 0 bridgehead atoms. The predicted molar refractivity (Wildman–Crippen MR) is 75.9 cm³/mol. The van der Waals surface area contributed by atoms with E-state index in [0.717, 1.165) is 19.4 Å². The van der Waals surface area contributed by atoms with Crippen LogP contribution in [-0.2, 0) is 4.79 Å². The molecule has 2 aliphatic carbocycles. The summed E-state index contributed by atoms with van der Waals surface area (Å²) in [7, 11) is 0. The first-order valence-corrected chi connectivity index (χ1v) is 8.20. The highest BCUT2D eigenvalue weighted by molar-refractivity contribution is 6.17. The van der Waals surface area contributed by atoms with Gasteiger partial charge in [0, 0.05) is 24.9 Å². The molecule has 2 aliphatic rings. The normalized spacial score (nSPS) is 21.6. The lowest BCUT2D eigenvalue weighted by atomic mass is 9.85. The summed E-state index contributed by atoms with van der Waals surface area (Å²) in [5.41, 5.74) is 0. The van der Waals surface area contributed by atoms with E-state index < -0.39 is 0 Å². The molecule has 104 valence electrons. The van der Waals surface area contributed by atoms with Gasteiger partial charge in [-0.15, -0.1) is 11.6 Å². The average molecular weight is 272 g/mol. The number of hydrogen-bond donors (Lipinski definition) is 0. The maximum atomic E-state index is 12.4. The van der Waals surface area contributed by atoms with Gasteiger partial charge in [-0.05, 0) is 44.4 Å². The molecule has 0 saturated heterocycles. The fourth-order valence-electron chi connectivity index (χ4n) is 3.19. The third-order valence-electron chi connectivity index (χ3n) is 4.56. The molecule has 3 heteroatoms. The Morgan fingerprint density at radius 1 is 1.06 bits per heavy atom. The first-order valence-electron chi connectivity index (χ1n) is 7.66. The van der Waals surface area contributed by atoms with Crippen LogP contribution in [0.25, 0.3) is 0 Å². The second-order valence-electron chi connectivity index (χ2n) is 5.92. The van der Waals surface area contributed by atoms with E-state index in [1.54, 1.807) is 0 Å². The van der Waals surface area contributed by atoms with Crippen LogP contribution in [0, 0.1) is 5.92 Å². The summed E-state index contributed by atoms with van der Waals surface area (Å²) in [6.07, 6.45) is 12.0. The lowest BCUT2D eigenvalue weighted by molar-refractivity contribution is -0.136. The number of nitrogens with zero attached hydrogens (tertiary/aromatic N) is 1. The summed E-state index contributed by atoms with van der Waals surface area (Å²) in [6.45, 7) is 0.875. The van der Waals surface area contributed by atoms with E-state index in [0.29, 0.717) is 23.7 Å². The minimum Gasteiger partial charge on any atom is -0.340 e. The molecular formula is C15H26ClNO. The van der Waals surface area contributed by atoms with Crippen LogP contribution in [0.2, 0.25) is 0 Å². The minimum absolute atomic E-state index is 0.400. The van der Waals surface area contributed by atoms with E-state index in [1.807, 2.05) is 0 Å². The summed E-state index contributed by atoms with van der Waals surface area (Å²) in [5.74, 6) is 1.72. The van der Waals surface area contributed by atoms with Gasteiger partial charge in [0.15, 0.2) is 0 Å². The molecule has 0 aromatic carbocycles. The molecule has 0 aromatic rings. The van der Waals surface area contributed by atoms with Crippen molar-refractivity contribution in [1.29, 1.82) is 0 Å². The Hall–Kier alpha value is -0.240. The van der Waals surface area contributed by atoms with Crippen molar-refractivity contribution in [3.63, 3.8) is 0 Å². The maximum absolute atomic E-state index is 12.4. The van der Waals surface area contributed by atoms with Crippen LogP contribution < -0.4 is 0 Å². The molecule has 2 nitrogen and oxygen atoms in total. The SMILES string of the molecule is O=C(CC1CCCCC1)N(CCCCl)C1CCC1. The molecule has 2 saturated carbocycles. The third-order valence-corrected chi connectivity index (χ3v) is 4.82. The zero-order valence-electron chi connectivity index (χ0n) is 11.4. The van der Waals surface area contributed by atoms with Gasteiger partial charge in [0.1, 0.15) is 0 Å². The Morgan fingerprint density at radius 2 is 1.78 bits per heavy atom. The van der Waals surface area contributed by atoms with Gasteiger partial charge in [-0.25, -0.2) is 0 Å². The number of halogens is 1. The molecule has 18 heavy (non-hydrogen) atoms. The monoisotopic (exact) mass is 271 g/mol. The second-order valence-corrected chi connectivity index (χ2v) is 6.30. The molecule has 2 rings (SSSR count). The van der Waals surface area contributed by atoms with Gasteiger partial charge in [-0.3, -0.25) is 4.79 Å². The van der Waals surface area contributed by atoms with Gasteiger partial charge in [0.25, 0.3) is 0 Å². The highest BCUT2D eigenvalue weighted by Gasteiger charge is 2.29. The van der Waals surface area contributed by atoms with Crippen LogP contribution in [0.1, 0.15) is 64.2 Å². The van der Waals surface area contributed by atoms with Crippen molar-refractivity contribution in [2.24, 2.45) is 5.92 Å². The Bertz CT molecular complexity index is 259. The quantitative estimate of drug-likeness (QED) is 0.670. The zero-order valence-corrected chi connectivity index (χ0v) is 12.1. The van der Waals surface area contributed by atoms with Crippen LogP contribution in [0.3, 0.4) is 0 Å². The van der Waals surface area contributed by atoms with E-state index in [9.17, 15) is 4.79 Å². The van der Waals surface area contributed by atoms with Crippen molar-refractivity contribution >= 4 is 17.5 Å². The fourth-order valence-corrected chi connectivity index (χ4v) is 3.31. The lowest BCUT2D eigenvalue weighted by Crippen LogP contribution is -2.45. The van der Waals surface area contributed by atoms with Gasteiger partial charge in [0.05, 0.1) is 0 Å². The number of alkyl halides is 1. The van der Waals surface area contributed by atoms with E-state index in [4.69, 9.17) is 11.6 Å². The third kappa shape index (κ3) is 3.88. The summed E-state index contributed by atoms with van der Waals surface area (Å²) >= 11 is 5.77. The molecule has 0 radical (unpaired) electrons. The number of amides is 1. The van der Waals surface area contributed by atoms with Crippen molar-refractivity contribution in [1.82, 2.24) is 4.90 Å². The van der Waals surface area contributed by atoms with Crippen LogP contribution in [0.5, 0.6) is 0 Å². The Balaban J connectivity index is 1.81. The Kier molecular flexibility index (Phi) is 5.81. The van der Waals surface area contributed by atoms with Crippen LogP contribution in [0.15, 0.2) is 0 Å². The van der Waals surface area contributed by atoms with Crippen LogP contribution >= 0.6 is 11.6 Å². The smallest absolute Gasteiger partial charge is 0.223 e. The van der Waals surface area contributed by atoms with E-state index in [1.165, 1.54) is 51.4 Å². The van der Waals surface area contributed by atoms with E-state index >= 15 is 0 Å². The van der Waals surface area contributed by atoms with Crippen LogP contribution in [-0.4, -0.2) is 29.3 Å². The summed E-state index contributed by atoms with van der Waals surface area (Å²) < 4.78 is 0. The Labute approximate surface area is 116 Å². The van der Waals surface area contributed by atoms with Crippen molar-refractivity contribution < 1.29 is 4.79 Å². The van der Waals surface area contributed by atoms with E-state index in [2.05, 4.69) is 4.90 Å². The largest absolute Gasteiger partial charge is 0.340 e. The maximum Gasteiger partial charge on any atom is 0.223 e. The molecule has 2 fully saturated rings. The topological polar surface area (TPSA) is 20.3 Å². The van der Waals surface area contributed by atoms with Gasteiger partial charge in [0.2, 0.25) is 5.91 Å². The molecule has 0 aromatic heterocycles. The van der Waals surface area contributed by atoms with Gasteiger partial charge in [-0.1, -0.05) is 19.3 Å². The molecule has 0 heterocycles. The van der Waals surface area contributed by atoms with Crippen molar-refractivity contribution in [2.45, 2.75) is 70.3 Å². The second kappa shape index (κ2) is 7.37. The molecule has 0 unspecified atom stereocenters. The summed E-state index contributed by atoms with van der Waals surface area (Å²) in [5, 5.41) is 0. The summed E-state index contributed by atoms with van der Waals surface area (Å²) in [6, 6.07) is 0.532. The standard InChI is InChI=1S/C15H26ClNO/c16-10-5-11-17(14-8-4-9-14)15(18)12-13-6-2-1-3-7-13/h13-14H,1-12H2. The zero-order chi connectivity index (χ0) is 12.8. The molecule has 0 N–H and O–H groups in total. The molecule has 0 aliphatic heterocycles. The average Bonchev–Trinajstić information content (AvgIpc) is 2.33. The first-order chi connectivity index (χ1) is 8.81. The lowest BCUT2D eigenvalue weighted by Gasteiger charge is -2.38. The minimum atomic E-state index is 0.400. The molecular weight excluding hydrogens is 246 g/mol. The number of hydrogen-bond acceptors (Lipinski definition) is 1. The van der Waals surface area contributed by atoms with Gasteiger partial charge < -0.3 is 4.90 Å². The van der Waals surface area contributed by atoms with Crippen LogP contribution in [0.4, 0.5) is 0 Å². The Morgan fingerprint density at radius 3 is 2.33 bits per heavy atom. The molecule has 1 amide bonds. The van der Waals surface area contributed by atoms with Gasteiger partial charge in [-0.2, -0.15) is 0 Å². The molecule has 0 spiro atoms.